The van der Waals surface area contributed by atoms with Gasteiger partial charge in [0.15, 0.2) is 5.78 Å². The Bertz CT molecular complexity index is 1120. The van der Waals surface area contributed by atoms with Gasteiger partial charge in [-0.2, -0.15) is 0 Å². The molecular weight excluding hydrogens is 412 g/mol. The summed E-state index contributed by atoms with van der Waals surface area (Å²) in [6.07, 6.45) is 1.12. The van der Waals surface area contributed by atoms with Crippen molar-refractivity contribution < 1.29 is 17.9 Å². The Morgan fingerprint density at radius 3 is 2.41 bits per heavy atom. The number of carbonyl (C=O) groups excluding carboxylic acids is 1. The summed E-state index contributed by atoms with van der Waals surface area (Å²) in [4.78, 5) is 16.8. The van der Waals surface area contributed by atoms with Crippen LogP contribution in [0.1, 0.15) is 29.8 Å². The minimum atomic E-state index is -3.97. The van der Waals surface area contributed by atoms with Gasteiger partial charge in [-0.15, -0.1) is 0 Å². The predicted molar refractivity (Wildman–Crippen MR) is 112 cm³/mol. The molecule has 0 unspecified atom stereocenters. The molecule has 1 aromatic heterocycles. The van der Waals surface area contributed by atoms with Gasteiger partial charge in [-0.3, -0.25) is 9.52 Å². The molecule has 0 saturated carbocycles. The number of nitrogens with zero attached hydrogens (tertiary/aromatic N) is 1. The van der Waals surface area contributed by atoms with Crippen LogP contribution >= 0.6 is 11.6 Å². The average molecular weight is 431 g/mol. The fourth-order valence-electron chi connectivity index (χ4n) is 2.58. The number of ether oxygens (including phenoxy) is 1. The van der Waals surface area contributed by atoms with Crippen LogP contribution < -0.4 is 9.46 Å². The smallest absolute Gasteiger partial charge is 0.263 e. The standard InChI is InChI=1S/C21H19ClN2O4S/c1-14(2)28-20-11-9-17(13-23-20)29(26,27)24-19-10-8-16(22)12-18(19)21(25)15-6-4-3-5-7-15/h3-14,24H,1-2H3. The largest absolute Gasteiger partial charge is 0.475 e. The number of anilines is 1. The monoisotopic (exact) mass is 430 g/mol. The third-order valence-corrected chi connectivity index (χ3v) is 5.47. The quantitative estimate of drug-likeness (QED) is 0.555. The maximum atomic E-state index is 12.9. The number of hydrogen-bond donors (Lipinski definition) is 1. The molecule has 0 atom stereocenters. The van der Waals surface area contributed by atoms with E-state index in [0.717, 1.165) is 0 Å². The third-order valence-electron chi connectivity index (χ3n) is 3.88. The molecule has 8 heteroatoms. The van der Waals surface area contributed by atoms with Gasteiger partial charge in [0.25, 0.3) is 10.0 Å². The topological polar surface area (TPSA) is 85.4 Å². The van der Waals surface area contributed by atoms with Gasteiger partial charge in [0.2, 0.25) is 5.88 Å². The number of pyridine rings is 1. The molecule has 0 amide bonds. The zero-order valence-corrected chi connectivity index (χ0v) is 17.4. The number of hydrogen-bond acceptors (Lipinski definition) is 5. The highest BCUT2D eigenvalue weighted by Crippen LogP contribution is 2.26. The van der Waals surface area contributed by atoms with Crippen LogP contribution in [0.25, 0.3) is 0 Å². The molecule has 3 aromatic rings. The molecule has 0 aliphatic rings. The lowest BCUT2D eigenvalue weighted by atomic mass is 10.0. The van der Waals surface area contributed by atoms with E-state index in [1.807, 2.05) is 13.8 Å². The van der Waals surface area contributed by atoms with E-state index in [0.29, 0.717) is 16.5 Å². The van der Waals surface area contributed by atoms with Crippen LogP contribution in [-0.2, 0) is 10.0 Å². The van der Waals surface area contributed by atoms with E-state index in [1.54, 1.807) is 30.3 Å². The van der Waals surface area contributed by atoms with Crippen molar-refractivity contribution in [2.75, 3.05) is 4.72 Å². The van der Waals surface area contributed by atoms with Crippen LogP contribution in [0.4, 0.5) is 5.69 Å². The van der Waals surface area contributed by atoms with Crippen molar-refractivity contribution in [3.05, 3.63) is 83.0 Å². The van der Waals surface area contributed by atoms with Gasteiger partial charge in [0.05, 0.1) is 18.0 Å². The number of nitrogens with one attached hydrogen (secondary N) is 1. The van der Waals surface area contributed by atoms with Crippen molar-refractivity contribution in [3.8, 4) is 5.88 Å². The molecule has 1 N–H and O–H groups in total. The molecule has 0 spiro atoms. The van der Waals surface area contributed by atoms with E-state index in [1.165, 1.54) is 36.5 Å². The first-order valence-corrected chi connectivity index (χ1v) is 10.7. The molecule has 0 radical (unpaired) electrons. The van der Waals surface area contributed by atoms with E-state index < -0.39 is 10.0 Å². The highest BCUT2D eigenvalue weighted by molar-refractivity contribution is 7.92. The first kappa shape index (κ1) is 20.8. The molecule has 0 saturated heterocycles. The third kappa shape index (κ3) is 5.13. The lowest BCUT2D eigenvalue weighted by Crippen LogP contribution is -2.16. The molecule has 3 rings (SSSR count). The molecule has 1 heterocycles. The van der Waals surface area contributed by atoms with E-state index in [4.69, 9.17) is 16.3 Å². The van der Waals surface area contributed by atoms with Gasteiger partial charge >= 0.3 is 0 Å². The Morgan fingerprint density at radius 2 is 1.79 bits per heavy atom. The van der Waals surface area contributed by atoms with E-state index >= 15 is 0 Å². The molecule has 0 fully saturated rings. The van der Waals surface area contributed by atoms with Gasteiger partial charge in [-0.1, -0.05) is 41.9 Å². The molecular formula is C21H19ClN2O4S. The Morgan fingerprint density at radius 1 is 1.07 bits per heavy atom. The maximum Gasteiger partial charge on any atom is 0.263 e. The van der Waals surface area contributed by atoms with Crippen molar-refractivity contribution in [2.24, 2.45) is 0 Å². The van der Waals surface area contributed by atoms with Gasteiger partial charge in [-0.05, 0) is 38.1 Å². The lowest BCUT2D eigenvalue weighted by Gasteiger charge is -2.13. The van der Waals surface area contributed by atoms with E-state index in [9.17, 15) is 13.2 Å². The van der Waals surface area contributed by atoms with Gasteiger partial charge in [0.1, 0.15) is 4.90 Å². The zero-order chi connectivity index (χ0) is 21.0. The molecule has 0 aliphatic carbocycles. The summed E-state index contributed by atoms with van der Waals surface area (Å²) in [5.74, 6) is -0.0185. The number of sulfonamides is 1. The molecule has 29 heavy (non-hydrogen) atoms. The summed E-state index contributed by atoms with van der Waals surface area (Å²) in [6.45, 7) is 3.69. The molecule has 6 nitrogen and oxygen atoms in total. The summed E-state index contributed by atoms with van der Waals surface area (Å²) in [5.41, 5.74) is 0.706. The Labute approximate surface area is 174 Å². The number of carbonyl (C=O) groups is 1. The summed E-state index contributed by atoms with van der Waals surface area (Å²) in [5, 5.41) is 0.323. The minimum Gasteiger partial charge on any atom is -0.475 e. The maximum absolute atomic E-state index is 12.9. The van der Waals surface area contributed by atoms with Crippen LogP contribution in [0.15, 0.2) is 71.8 Å². The first-order valence-electron chi connectivity index (χ1n) is 8.81. The van der Waals surface area contributed by atoms with Crippen molar-refractivity contribution in [1.29, 1.82) is 0 Å². The second-order valence-corrected chi connectivity index (χ2v) is 8.61. The second kappa shape index (κ2) is 8.63. The summed E-state index contributed by atoms with van der Waals surface area (Å²) in [6, 6.07) is 15.8. The highest BCUT2D eigenvalue weighted by atomic mass is 35.5. The summed E-state index contributed by atoms with van der Waals surface area (Å²) < 4.78 is 33.5. The number of benzene rings is 2. The van der Waals surface area contributed by atoms with Crippen molar-refractivity contribution in [3.63, 3.8) is 0 Å². The Balaban J connectivity index is 1.92. The van der Waals surface area contributed by atoms with Crippen LogP contribution in [-0.4, -0.2) is 25.3 Å². The fourth-order valence-corrected chi connectivity index (χ4v) is 3.78. The normalized spacial score (nSPS) is 11.3. The minimum absolute atomic E-state index is 0.0540. The predicted octanol–water partition coefficient (Wildman–Crippen LogP) is 4.55. The fraction of sp³-hybridized carbons (Fsp3) is 0.143. The van der Waals surface area contributed by atoms with Crippen molar-refractivity contribution in [2.45, 2.75) is 24.8 Å². The van der Waals surface area contributed by atoms with E-state index in [2.05, 4.69) is 9.71 Å². The number of rotatable bonds is 7. The van der Waals surface area contributed by atoms with Crippen LogP contribution in [0.2, 0.25) is 5.02 Å². The van der Waals surface area contributed by atoms with Crippen LogP contribution in [0.3, 0.4) is 0 Å². The second-order valence-electron chi connectivity index (χ2n) is 6.49. The van der Waals surface area contributed by atoms with E-state index in [-0.39, 0.29) is 28.0 Å². The lowest BCUT2D eigenvalue weighted by molar-refractivity contribution is 0.103. The molecule has 150 valence electrons. The Hall–Kier alpha value is -2.90. The molecule has 0 bridgehead atoms. The molecule has 2 aromatic carbocycles. The summed E-state index contributed by atoms with van der Waals surface area (Å²) >= 11 is 6.04. The highest BCUT2D eigenvalue weighted by Gasteiger charge is 2.20. The van der Waals surface area contributed by atoms with Crippen LogP contribution in [0, 0.1) is 0 Å². The SMILES string of the molecule is CC(C)Oc1ccc(S(=O)(=O)Nc2ccc(Cl)cc2C(=O)c2ccccc2)cn1. The van der Waals surface area contributed by atoms with Gasteiger partial charge in [-0.25, -0.2) is 13.4 Å². The zero-order valence-electron chi connectivity index (χ0n) is 15.8. The van der Waals surface area contributed by atoms with Gasteiger partial charge < -0.3 is 4.74 Å². The summed E-state index contributed by atoms with van der Waals surface area (Å²) in [7, 11) is -3.97. The van der Waals surface area contributed by atoms with Crippen LogP contribution in [0.5, 0.6) is 5.88 Å². The Kier molecular flexibility index (Phi) is 6.20. The average Bonchev–Trinajstić information content (AvgIpc) is 2.69. The number of ketones is 1. The van der Waals surface area contributed by atoms with Gasteiger partial charge in [0, 0.05) is 22.2 Å². The van der Waals surface area contributed by atoms with Crippen molar-refractivity contribution in [1.82, 2.24) is 4.98 Å². The molecule has 0 aliphatic heterocycles. The van der Waals surface area contributed by atoms with Crippen molar-refractivity contribution >= 4 is 33.1 Å². The first-order chi connectivity index (χ1) is 13.8. The number of aromatic nitrogens is 1. The number of halogens is 1.